The maximum absolute atomic E-state index is 13.2. The van der Waals surface area contributed by atoms with Crippen LogP contribution in [0.4, 0.5) is 4.39 Å². The molecule has 2 heterocycles. The SMILES string of the molecule is Cc1c(C(=O)NC2CCNC2)nnn1-c1ccc(F)c(Cl)c1. The minimum absolute atomic E-state index is 0.00423. The average molecular weight is 324 g/mol. The largest absolute Gasteiger partial charge is 0.347 e. The molecule has 0 bridgehead atoms. The van der Waals surface area contributed by atoms with Gasteiger partial charge >= 0.3 is 0 Å². The molecule has 8 heteroatoms. The van der Waals surface area contributed by atoms with Crippen LogP contribution in [0.5, 0.6) is 0 Å². The van der Waals surface area contributed by atoms with Gasteiger partial charge in [-0.2, -0.15) is 0 Å². The van der Waals surface area contributed by atoms with Crippen molar-refractivity contribution in [2.75, 3.05) is 13.1 Å². The maximum atomic E-state index is 13.2. The molecule has 1 atom stereocenters. The average Bonchev–Trinajstić information content (AvgIpc) is 3.11. The summed E-state index contributed by atoms with van der Waals surface area (Å²) in [5, 5.41) is 14.0. The fourth-order valence-electron chi connectivity index (χ4n) is 2.43. The quantitative estimate of drug-likeness (QED) is 0.897. The van der Waals surface area contributed by atoms with Crippen molar-refractivity contribution in [3.8, 4) is 5.69 Å². The Morgan fingerprint density at radius 2 is 2.36 bits per heavy atom. The summed E-state index contributed by atoms with van der Waals surface area (Å²) < 4.78 is 14.7. The molecule has 1 aromatic carbocycles. The molecular formula is C14H15ClFN5O. The van der Waals surface area contributed by atoms with E-state index in [-0.39, 0.29) is 22.7 Å². The van der Waals surface area contributed by atoms with Crippen LogP contribution in [-0.4, -0.2) is 40.0 Å². The Morgan fingerprint density at radius 3 is 3.05 bits per heavy atom. The molecule has 6 nitrogen and oxygen atoms in total. The normalized spacial score (nSPS) is 17.7. The number of hydrogen-bond donors (Lipinski definition) is 2. The van der Waals surface area contributed by atoms with E-state index < -0.39 is 5.82 Å². The standard InChI is InChI=1S/C14H15ClFN5O/c1-8-13(14(22)18-9-4-5-17-7-9)19-20-21(8)10-2-3-12(16)11(15)6-10/h2-3,6,9,17H,4-5,7H2,1H3,(H,18,22). The molecule has 2 aromatic rings. The van der Waals surface area contributed by atoms with Gasteiger partial charge in [0, 0.05) is 12.6 Å². The number of nitrogens with zero attached hydrogens (tertiary/aromatic N) is 3. The Balaban J connectivity index is 1.84. The predicted octanol–water partition coefficient (Wildman–Crippen LogP) is 1.46. The van der Waals surface area contributed by atoms with E-state index in [1.807, 2.05) is 0 Å². The lowest BCUT2D eigenvalue weighted by Crippen LogP contribution is -2.36. The molecule has 1 aliphatic rings. The first-order chi connectivity index (χ1) is 10.6. The maximum Gasteiger partial charge on any atom is 0.274 e. The van der Waals surface area contributed by atoms with Crippen molar-refractivity contribution in [1.82, 2.24) is 25.6 Å². The van der Waals surface area contributed by atoms with Crippen molar-refractivity contribution in [2.45, 2.75) is 19.4 Å². The van der Waals surface area contributed by atoms with E-state index in [4.69, 9.17) is 11.6 Å². The van der Waals surface area contributed by atoms with Crippen molar-refractivity contribution in [3.05, 3.63) is 40.4 Å². The van der Waals surface area contributed by atoms with Crippen LogP contribution in [0, 0.1) is 12.7 Å². The second-order valence-electron chi connectivity index (χ2n) is 5.20. The van der Waals surface area contributed by atoms with E-state index in [1.54, 1.807) is 6.92 Å². The van der Waals surface area contributed by atoms with Crippen LogP contribution in [0.2, 0.25) is 5.02 Å². The number of amides is 1. The molecule has 2 N–H and O–H groups in total. The van der Waals surface area contributed by atoms with Crippen molar-refractivity contribution in [2.24, 2.45) is 0 Å². The van der Waals surface area contributed by atoms with E-state index >= 15 is 0 Å². The molecule has 3 rings (SSSR count). The van der Waals surface area contributed by atoms with Crippen LogP contribution in [0.25, 0.3) is 5.69 Å². The smallest absolute Gasteiger partial charge is 0.274 e. The summed E-state index contributed by atoms with van der Waals surface area (Å²) in [7, 11) is 0. The summed E-state index contributed by atoms with van der Waals surface area (Å²) in [6, 6.07) is 4.34. The molecule has 0 spiro atoms. The van der Waals surface area contributed by atoms with Gasteiger partial charge in [-0.25, -0.2) is 9.07 Å². The van der Waals surface area contributed by atoms with E-state index in [9.17, 15) is 9.18 Å². The number of benzene rings is 1. The number of hydrogen-bond acceptors (Lipinski definition) is 4. The van der Waals surface area contributed by atoms with Gasteiger partial charge in [-0.1, -0.05) is 16.8 Å². The van der Waals surface area contributed by atoms with Gasteiger partial charge in [-0.05, 0) is 38.1 Å². The van der Waals surface area contributed by atoms with Gasteiger partial charge in [-0.3, -0.25) is 4.79 Å². The van der Waals surface area contributed by atoms with Gasteiger partial charge in [0.2, 0.25) is 0 Å². The first kappa shape index (κ1) is 14.9. The number of carbonyl (C=O) groups excluding carboxylic acids is 1. The lowest BCUT2D eigenvalue weighted by Gasteiger charge is -2.10. The summed E-state index contributed by atoms with van der Waals surface area (Å²) >= 11 is 5.78. The van der Waals surface area contributed by atoms with E-state index in [2.05, 4.69) is 20.9 Å². The third-order valence-electron chi connectivity index (χ3n) is 3.65. The van der Waals surface area contributed by atoms with Crippen LogP contribution in [-0.2, 0) is 0 Å². The molecule has 0 aliphatic carbocycles. The highest BCUT2D eigenvalue weighted by Gasteiger charge is 2.22. The molecule has 1 aliphatic heterocycles. The molecule has 0 radical (unpaired) electrons. The van der Waals surface area contributed by atoms with E-state index in [0.29, 0.717) is 11.4 Å². The van der Waals surface area contributed by atoms with Gasteiger partial charge in [0.1, 0.15) is 5.82 Å². The van der Waals surface area contributed by atoms with Crippen molar-refractivity contribution < 1.29 is 9.18 Å². The Labute approximate surface area is 131 Å². The summed E-state index contributed by atoms with van der Waals surface area (Å²) in [6.07, 6.45) is 0.895. The molecule has 1 amide bonds. The highest BCUT2D eigenvalue weighted by atomic mass is 35.5. The van der Waals surface area contributed by atoms with Gasteiger partial charge in [0.05, 0.1) is 16.4 Å². The number of carbonyl (C=O) groups is 1. The molecule has 1 aromatic heterocycles. The van der Waals surface area contributed by atoms with Gasteiger partial charge in [0.15, 0.2) is 5.69 Å². The monoisotopic (exact) mass is 323 g/mol. The van der Waals surface area contributed by atoms with Crippen LogP contribution in [0.3, 0.4) is 0 Å². The fraction of sp³-hybridized carbons (Fsp3) is 0.357. The number of rotatable bonds is 3. The van der Waals surface area contributed by atoms with Crippen LogP contribution in [0.1, 0.15) is 22.6 Å². The Hall–Kier alpha value is -1.99. The van der Waals surface area contributed by atoms with Crippen molar-refractivity contribution in [1.29, 1.82) is 0 Å². The molecule has 1 saturated heterocycles. The first-order valence-electron chi connectivity index (χ1n) is 6.95. The molecule has 1 unspecified atom stereocenters. The van der Waals surface area contributed by atoms with Crippen molar-refractivity contribution in [3.63, 3.8) is 0 Å². The first-order valence-corrected chi connectivity index (χ1v) is 7.33. The third kappa shape index (κ3) is 2.82. The molecule has 22 heavy (non-hydrogen) atoms. The minimum atomic E-state index is -0.505. The Morgan fingerprint density at radius 1 is 1.55 bits per heavy atom. The van der Waals surface area contributed by atoms with E-state index in [1.165, 1.54) is 22.9 Å². The van der Waals surface area contributed by atoms with Gasteiger partial charge in [-0.15, -0.1) is 5.10 Å². The third-order valence-corrected chi connectivity index (χ3v) is 3.94. The van der Waals surface area contributed by atoms with Gasteiger partial charge in [0.25, 0.3) is 5.91 Å². The minimum Gasteiger partial charge on any atom is -0.347 e. The second kappa shape index (κ2) is 6.02. The molecule has 0 saturated carbocycles. The second-order valence-corrected chi connectivity index (χ2v) is 5.60. The van der Waals surface area contributed by atoms with Crippen LogP contribution < -0.4 is 10.6 Å². The highest BCUT2D eigenvalue weighted by Crippen LogP contribution is 2.20. The summed E-state index contributed by atoms with van der Waals surface area (Å²) in [4.78, 5) is 12.2. The lowest BCUT2D eigenvalue weighted by molar-refractivity contribution is 0.0934. The summed E-state index contributed by atoms with van der Waals surface area (Å²) in [6.45, 7) is 3.39. The lowest BCUT2D eigenvalue weighted by atomic mass is 10.2. The van der Waals surface area contributed by atoms with Gasteiger partial charge < -0.3 is 10.6 Å². The predicted molar refractivity (Wildman–Crippen MR) is 79.8 cm³/mol. The Bertz CT molecular complexity index is 711. The Kier molecular flexibility index (Phi) is 4.08. The number of halogens is 2. The zero-order valence-corrected chi connectivity index (χ0v) is 12.7. The topological polar surface area (TPSA) is 71.8 Å². The van der Waals surface area contributed by atoms with Crippen LogP contribution in [0.15, 0.2) is 18.2 Å². The number of aromatic nitrogens is 3. The molecular weight excluding hydrogens is 309 g/mol. The van der Waals surface area contributed by atoms with Crippen LogP contribution >= 0.6 is 11.6 Å². The zero-order chi connectivity index (χ0) is 15.7. The number of nitrogens with one attached hydrogen (secondary N) is 2. The summed E-state index contributed by atoms with van der Waals surface area (Å²) in [5.74, 6) is -0.763. The van der Waals surface area contributed by atoms with Crippen molar-refractivity contribution >= 4 is 17.5 Å². The zero-order valence-electron chi connectivity index (χ0n) is 11.9. The molecule has 1 fully saturated rings. The fourth-order valence-corrected chi connectivity index (χ4v) is 2.61. The van der Waals surface area contributed by atoms with E-state index in [0.717, 1.165) is 19.5 Å². The highest BCUT2D eigenvalue weighted by molar-refractivity contribution is 6.30. The molecule has 116 valence electrons. The summed E-state index contributed by atoms with van der Waals surface area (Å²) in [5.41, 5.74) is 1.39.